The van der Waals surface area contributed by atoms with E-state index in [-0.39, 0.29) is 6.10 Å². The predicted molar refractivity (Wildman–Crippen MR) is 57.6 cm³/mol. The molecule has 1 aliphatic heterocycles. The molecular weight excluding hydrogens is 230 g/mol. The van der Waals surface area contributed by atoms with Crippen LogP contribution < -0.4 is 0 Å². The van der Waals surface area contributed by atoms with Crippen molar-refractivity contribution in [2.75, 3.05) is 19.8 Å². The third-order valence-electron chi connectivity index (χ3n) is 2.95. The number of hydrogen-bond acceptors (Lipinski definition) is 4. The average molecular weight is 244 g/mol. The van der Waals surface area contributed by atoms with E-state index in [9.17, 15) is 0 Å². The Bertz CT molecular complexity index is 372. The molecule has 0 amide bonds. The Morgan fingerprint density at radius 1 is 1.31 bits per heavy atom. The van der Waals surface area contributed by atoms with Crippen LogP contribution in [0.1, 0.15) is 24.6 Å². The zero-order valence-corrected chi connectivity index (χ0v) is 9.69. The largest absolute Gasteiger partial charge is 0.376 e. The minimum atomic E-state index is 0.0692. The van der Waals surface area contributed by atoms with Crippen LogP contribution in [0.3, 0.4) is 0 Å². The van der Waals surface area contributed by atoms with Gasteiger partial charge in [-0.25, -0.2) is 0 Å². The summed E-state index contributed by atoms with van der Waals surface area (Å²) >= 11 is 6.03. The van der Waals surface area contributed by atoms with Crippen molar-refractivity contribution in [3.8, 4) is 0 Å². The first kappa shape index (κ1) is 10.5. The molecule has 1 unspecified atom stereocenters. The molecular formula is C10H14ClN3O2. The van der Waals surface area contributed by atoms with Gasteiger partial charge in [-0.2, -0.15) is 0 Å². The molecule has 16 heavy (non-hydrogen) atoms. The lowest BCUT2D eigenvalue weighted by Gasteiger charge is -2.23. The number of ether oxygens (including phenoxy) is 2. The van der Waals surface area contributed by atoms with Gasteiger partial charge in [0.2, 0.25) is 5.28 Å². The molecule has 2 fully saturated rings. The highest BCUT2D eigenvalue weighted by Gasteiger charge is 2.31. The zero-order valence-electron chi connectivity index (χ0n) is 8.93. The standard InChI is InChI=1S/C10H14ClN3O2/c11-10-13-12-9(7-1-2-7)14(10)5-8-6-15-3-4-16-8/h7-8H,1-6H2. The highest BCUT2D eigenvalue weighted by Crippen LogP contribution is 2.39. The van der Waals surface area contributed by atoms with Crippen LogP contribution in [0.15, 0.2) is 0 Å². The van der Waals surface area contributed by atoms with Gasteiger partial charge >= 0.3 is 0 Å². The Kier molecular flexibility index (Phi) is 2.83. The van der Waals surface area contributed by atoms with Gasteiger partial charge in [0.1, 0.15) is 5.82 Å². The third kappa shape index (κ3) is 2.07. The van der Waals surface area contributed by atoms with Crippen LogP contribution in [-0.2, 0) is 16.0 Å². The Balaban J connectivity index is 1.74. The van der Waals surface area contributed by atoms with E-state index in [2.05, 4.69) is 10.2 Å². The number of hydrogen-bond donors (Lipinski definition) is 0. The van der Waals surface area contributed by atoms with Gasteiger partial charge in [0.25, 0.3) is 0 Å². The van der Waals surface area contributed by atoms with Gasteiger partial charge in [-0.15, -0.1) is 10.2 Å². The molecule has 6 heteroatoms. The summed E-state index contributed by atoms with van der Waals surface area (Å²) in [6.07, 6.45) is 2.45. The number of halogens is 1. The van der Waals surface area contributed by atoms with Crippen molar-refractivity contribution in [3.63, 3.8) is 0 Å². The van der Waals surface area contributed by atoms with Gasteiger partial charge in [-0.05, 0) is 24.4 Å². The monoisotopic (exact) mass is 243 g/mol. The van der Waals surface area contributed by atoms with Crippen LogP contribution in [0.4, 0.5) is 0 Å². The topological polar surface area (TPSA) is 49.2 Å². The molecule has 1 aliphatic carbocycles. The fourth-order valence-corrected chi connectivity index (χ4v) is 2.15. The van der Waals surface area contributed by atoms with Crippen LogP contribution in [-0.4, -0.2) is 40.7 Å². The quantitative estimate of drug-likeness (QED) is 0.801. The van der Waals surface area contributed by atoms with Crippen LogP contribution in [0.5, 0.6) is 0 Å². The smallest absolute Gasteiger partial charge is 0.225 e. The zero-order chi connectivity index (χ0) is 11.0. The SMILES string of the molecule is Clc1nnc(C2CC2)n1CC1COCCO1. The number of nitrogens with zero attached hydrogens (tertiary/aromatic N) is 3. The maximum Gasteiger partial charge on any atom is 0.225 e. The van der Waals surface area contributed by atoms with Crippen molar-refractivity contribution in [1.82, 2.24) is 14.8 Å². The first-order valence-electron chi connectivity index (χ1n) is 5.62. The Morgan fingerprint density at radius 2 is 2.19 bits per heavy atom. The molecule has 0 radical (unpaired) electrons. The normalized spacial score (nSPS) is 25.9. The maximum atomic E-state index is 6.03. The highest BCUT2D eigenvalue weighted by molar-refractivity contribution is 6.28. The molecule has 0 bridgehead atoms. The van der Waals surface area contributed by atoms with Gasteiger partial charge in [0.15, 0.2) is 0 Å². The second kappa shape index (κ2) is 4.31. The molecule has 1 atom stereocenters. The minimum absolute atomic E-state index is 0.0692. The summed E-state index contributed by atoms with van der Waals surface area (Å²) in [7, 11) is 0. The summed E-state index contributed by atoms with van der Waals surface area (Å²) in [5.41, 5.74) is 0. The Morgan fingerprint density at radius 3 is 2.88 bits per heavy atom. The van der Waals surface area contributed by atoms with E-state index in [4.69, 9.17) is 21.1 Å². The highest BCUT2D eigenvalue weighted by atomic mass is 35.5. The summed E-state index contributed by atoms with van der Waals surface area (Å²) in [5, 5.41) is 8.51. The van der Waals surface area contributed by atoms with Gasteiger partial charge < -0.3 is 9.47 Å². The van der Waals surface area contributed by atoms with Crippen LogP contribution in [0.2, 0.25) is 5.28 Å². The molecule has 1 aromatic heterocycles. The lowest BCUT2D eigenvalue weighted by Crippen LogP contribution is -2.32. The lowest BCUT2D eigenvalue weighted by atomic mass is 10.3. The maximum absolute atomic E-state index is 6.03. The fraction of sp³-hybridized carbons (Fsp3) is 0.800. The molecule has 2 aliphatic rings. The van der Waals surface area contributed by atoms with E-state index in [1.54, 1.807) is 0 Å². The van der Waals surface area contributed by atoms with Crippen molar-refractivity contribution >= 4 is 11.6 Å². The van der Waals surface area contributed by atoms with Crippen molar-refractivity contribution in [2.45, 2.75) is 31.4 Å². The summed E-state index contributed by atoms with van der Waals surface area (Å²) in [5.74, 6) is 1.55. The second-order valence-electron chi connectivity index (χ2n) is 4.28. The van der Waals surface area contributed by atoms with Crippen molar-refractivity contribution < 1.29 is 9.47 Å². The van der Waals surface area contributed by atoms with E-state index in [1.165, 1.54) is 12.8 Å². The van der Waals surface area contributed by atoms with Crippen molar-refractivity contribution in [1.29, 1.82) is 0 Å². The third-order valence-corrected chi connectivity index (χ3v) is 3.23. The first-order valence-corrected chi connectivity index (χ1v) is 6.00. The van der Waals surface area contributed by atoms with Gasteiger partial charge in [0, 0.05) is 5.92 Å². The molecule has 0 N–H and O–H groups in total. The van der Waals surface area contributed by atoms with E-state index in [0.29, 0.717) is 37.6 Å². The van der Waals surface area contributed by atoms with Gasteiger partial charge in [-0.3, -0.25) is 4.57 Å². The fourth-order valence-electron chi connectivity index (χ4n) is 1.95. The molecule has 0 aromatic carbocycles. The van der Waals surface area contributed by atoms with E-state index >= 15 is 0 Å². The Labute approximate surface area is 98.7 Å². The average Bonchev–Trinajstić information content (AvgIpc) is 3.08. The second-order valence-corrected chi connectivity index (χ2v) is 4.62. The summed E-state index contributed by atoms with van der Waals surface area (Å²) in [6.45, 7) is 2.65. The van der Waals surface area contributed by atoms with Crippen LogP contribution in [0, 0.1) is 0 Å². The van der Waals surface area contributed by atoms with Gasteiger partial charge in [0.05, 0.1) is 32.5 Å². The molecule has 3 rings (SSSR count). The number of rotatable bonds is 3. The lowest BCUT2D eigenvalue weighted by molar-refractivity contribution is -0.0938. The molecule has 88 valence electrons. The van der Waals surface area contributed by atoms with E-state index in [0.717, 1.165) is 5.82 Å². The molecule has 0 spiro atoms. The Hall–Kier alpha value is -0.650. The molecule has 1 aromatic rings. The number of aromatic nitrogens is 3. The van der Waals surface area contributed by atoms with Gasteiger partial charge in [-0.1, -0.05) is 0 Å². The summed E-state index contributed by atoms with van der Waals surface area (Å²) in [6, 6.07) is 0. The van der Waals surface area contributed by atoms with Crippen molar-refractivity contribution in [3.05, 3.63) is 11.1 Å². The minimum Gasteiger partial charge on any atom is -0.376 e. The van der Waals surface area contributed by atoms with Crippen molar-refractivity contribution in [2.24, 2.45) is 0 Å². The molecule has 5 nitrogen and oxygen atoms in total. The summed E-state index contributed by atoms with van der Waals surface area (Å²) < 4.78 is 12.9. The first-order chi connectivity index (χ1) is 7.84. The predicted octanol–water partition coefficient (Wildman–Crippen LogP) is 1.22. The van der Waals surface area contributed by atoms with Crippen LogP contribution >= 0.6 is 11.6 Å². The van der Waals surface area contributed by atoms with E-state index in [1.807, 2.05) is 4.57 Å². The molecule has 1 saturated heterocycles. The van der Waals surface area contributed by atoms with E-state index < -0.39 is 0 Å². The molecule has 2 heterocycles. The van der Waals surface area contributed by atoms with Crippen LogP contribution in [0.25, 0.3) is 0 Å². The summed E-state index contributed by atoms with van der Waals surface area (Å²) in [4.78, 5) is 0. The molecule has 1 saturated carbocycles.